The highest BCUT2D eigenvalue weighted by molar-refractivity contribution is 5.81. The minimum absolute atomic E-state index is 0.0790. The molecule has 0 spiro atoms. The Kier molecular flexibility index (Phi) is 7.92. The summed E-state index contributed by atoms with van der Waals surface area (Å²) in [6.07, 6.45) is 2.77. The highest BCUT2D eigenvalue weighted by atomic mass is 16.5. The second-order valence-electron chi connectivity index (χ2n) is 4.87. The van der Waals surface area contributed by atoms with E-state index in [1.807, 2.05) is 31.2 Å². The van der Waals surface area contributed by atoms with Crippen molar-refractivity contribution >= 4 is 5.91 Å². The zero-order valence-electron chi connectivity index (χ0n) is 12.5. The van der Waals surface area contributed by atoms with Gasteiger partial charge >= 0.3 is 0 Å². The summed E-state index contributed by atoms with van der Waals surface area (Å²) in [6.45, 7) is 5.82. The number of carbonyl (C=O) groups excluding carboxylic acids is 1. The quantitative estimate of drug-likeness (QED) is 0.729. The van der Waals surface area contributed by atoms with Gasteiger partial charge < -0.3 is 15.8 Å². The Balaban J connectivity index is 2.50. The molecule has 1 amide bonds. The Morgan fingerprint density at radius 1 is 1.30 bits per heavy atom. The molecular formula is C16H26N2O2. The molecule has 0 aliphatic carbocycles. The smallest absolute Gasteiger partial charge is 0.237 e. The number of benzene rings is 1. The Hall–Kier alpha value is -1.39. The molecule has 1 aromatic rings. The minimum atomic E-state index is -0.408. The van der Waals surface area contributed by atoms with Gasteiger partial charge in [-0.1, -0.05) is 44.0 Å². The molecule has 0 saturated heterocycles. The summed E-state index contributed by atoms with van der Waals surface area (Å²) >= 11 is 0. The van der Waals surface area contributed by atoms with Crippen molar-refractivity contribution in [3.05, 3.63) is 35.4 Å². The number of rotatable bonds is 9. The van der Waals surface area contributed by atoms with E-state index in [1.54, 1.807) is 0 Å². The number of nitrogens with one attached hydrogen (secondary N) is 1. The van der Waals surface area contributed by atoms with Crippen LogP contribution in [0.15, 0.2) is 24.3 Å². The van der Waals surface area contributed by atoms with Gasteiger partial charge in [0.25, 0.3) is 0 Å². The highest BCUT2D eigenvalue weighted by Gasteiger charge is 2.12. The molecular weight excluding hydrogens is 252 g/mol. The fourth-order valence-electron chi connectivity index (χ4n) is 1.95. The van der Waals surface area contributed by atoms with E-state index in [0.717, 1.165) is 30.4 Å². The van der Waals surface area contributed by atoms with E-state index >= 15 is 0 Å². The lowest BCUT2D eigenvalue weighted by Crippen LogP contribution is -2.40. The zero-order chi connectivity index (χ0) is 14.8. The average Bonchev–Trinajstić information content (AvgIpc) is 2.48. The van der Waals surface area contributed by atoms with Gasteiger partial charge in [0.15, 0.2) is 0 Å². The van der Waals surface area contributed by atoms with Crippen LogP contribution >= 0.6 is 0 Å². The van der Waals surface area contributed by atoms with Crippen LogP contribution in [0.4, 0.5) is 0 Å². The second kappa shape index (κ2) is 9.50. The maximum Gasteiger partial charge on any atom is 0.237 e. The van der Waals surface area contributed by atoms with Gasteiger partial charge in [0.05, 0.1) is 12.6 Å². The van der Waals surface area contributed by atoms with Crippen LogP contribution in [0.1, 0.15) is 44.2 Å². The number of nitrogens with two attached hydrogens (primary N) is 1. The van der Waals surface area contributed by atoms with Gasteiger partial charge in [-0.05, 0) is 24.5 Å². The first-order valence-electron chi connectivity index (χ1n) is 7.36. The van der Waals surface area contributed by atoms with E-state index in [4.69, 9.17) is 10.5 Å². The van der Waals surface area contributed by atoms with Crippen molar-refractivity contribution in [2.75, 3.05) is 6.61 Å². The Labute approximate surface area is 121 Å². The molecule has 0 aromatic heterocycles. The van der Waals surface area contributed by atoms with E-state index in [-0.39, 0.29) is 5.91 Å². The van der Waals surface area contributed by atoms with Gasteiger partial charge in [-0.3, -0.25) is 4.79 Å². The van der Waals surface area contributed by atoms with Gasteiger partial charge in [0.2, 0.25) is 5.91 Å². The van der Waals surface area contributed by atoms with Crippen LogP contribution in [0.3, 0.4) is 0 Å². The molecule has 0 heterocycles. The van der Waals surface area contributed by atoms with Crippen molar-refractivity contribution in [1.82, 2.24) is 5.32 Å². The van der Waals surface area contributed by atoms with Gasteiger partial charge in [-0.15, -0.1) is 0 Å². The first kappa shape index (κ1) is 16.7. The Morgan fingerprint density at radius 2 is 2.00 bits per heavy atom. The maximum atomic E-state index is 11.9. The summed E-state index contributed by atoms with van der Waals surface area (Å²) in [4.78, 5) is 11.9. The van der Waals surface area contributed by atoms with Gasteiger partial charge in [-0.25, -0.2) is 0 Å². The lowest BCUT2D eigenvalue weighted by Gasteiger charge is -2.14. The van der Waals surface area contributed by atoms with Crippen molar-refractivity contribution in [3.8, 4) is 0 Å². The van der Waals surface area contributed by atoms with Crippen LogP contribution in [0, 0.1) is 0 Å². The van der Waals surface area contributed by atoms with Crippen molar-refractivity contribution < 1.29 is 9.53 Å². The number of unbranched alkanes of at least 4 members (excludes halogenated alkanes) is 1. The molecule has 0 fully saturated rings. The number of amides is 1. The summed E-state index contributed by atoms with van der Waals surface area (Å²) in [7, 11) is 0. The maximum absolute atomic E-state index is 11.9. The summed E-state index contributed by atoms with van der Waals surface area (Å²) in [5.41, 5.74) is 8.04. The number of hydrogen-bond acceptors (Lipinski definition) is 3. The summed E-state index contributed by atoms with van der Waals surface area (Å²) in [5, 5.41) is 2.90. The summed E-state index contributed by atoms with van der Waals surface area (Å²) in [5.74, 6) is -0.0790. The number of carbonyl (C=O) groups is 1. The monoisotopic (exact) mass is 278 g/mol. The predicted octanol–water partition coefficient (Wildman–Crippen LogP) is 2.36. The molecule has 1 rings (SSSR count). The van der Waals surface area contributed by atoms with Gasteiger partial charge in [-0.2, -0.15) is 0 Å². The largest absolute Gasteiger partial charge is 0.377 e. The molecule has 3 N–H and O–H groups in total. The standard InChI is InChI=1S/C16H26N2O2/c1-3-5-10-15(17)16(19)18-11-13-8-6-7-9-14(13)12-20-4-2/h6-9,15H,3-5,10-12,17H2,1-2H3,(H,18,19). The molecule has 1 unspecified atom stereocenters. The van der Waals surface area contributed by atoms with Crippen LogP contribution in [0.5, 0.6) is 0 Å². The molecule has 112 valence electrons. The molecule has 1 atom stereocenters. The van der Waals surface area contributed by atoms with Crippen LogP contribution in [0.25, 0.3) is 0 Å². The van der Waals surface area contributed by atoms with E-state index in [1.165, 1.54) is 0 Å². The Bertz CT molecular complexity index is 407. The van der Waals surface area contributed by atoms with Crippen molar-refractivity contribution in [2.24, 2.45) is 5.73 Å². The van der Waals surface area contributed by atoms with E-state index in [9.17, 15) is 4.79 Å². The molecule has 0 bridgehead atoms. The summed E-state index contributed by atoms with van der Waals surface area (Å²) in [6, 6.07) is 7.56. The molecule has 0 radical (unpaired) electrons. The lowest BCUT2D eigenvalue weighted by molar-refractivity contribution is -0.122. The van der Waals surface area contributed by atoms with Crippen molar-refractivity contribution in [1.29, 1.82) is 0 Å². The van der Waals surface area contributed by atoms with Crippen LogP contribution in [-0.2, 0) is 22.7 Å². The van der Waals surface area contributed by atoms with Crippen molar-refractivity contribution in [2.45, 2.75) is 52.3 Å². The molecule has 0 aliphatic heterocycles. The fraction of sp³-hybridized carbons (Fsp3) is 0.562. The SMILES string of the molecule is CCCCC(N)C(=O)NCc1ccccc1COCC. The molecule has 4 nitrogen and oxygen atoms in total. The molecule has 0 saturated carbocycles. The predicted molar refractivity (Wildman–Crippen MR) is 81.1 cm³/mol. The number of ether oxygens (including phenoxy) is 1. The second-order valence-corrected chi connectivity index (χ2v) is 4.87. The first-order valence-corrected chi connectivity index (χ1v) is 7.36. The van der Waals surface area contributed by atoms with Gasteiger partial charge in [0.1, 0.15) is 0 Å². The fourth-order valence-corrected chi connectivity index (χ4v) is 1.95. The highest BCUT2D eigenvalue weighted by Crippen LogP contribution is 2.10. The van der Waals surface area contributed by atoms with Crippen molar-refractivity contribution in [3.63, 3.8) is 0 Å². The molecule has 20 heavy (non-hydrogen) atoms. The summed E-state index contributed by atoms with van der Waals surface area (Å²) < 4.78 is 5.43. The first-order chi connectivity index (χ1) is 9.69. The molecule has 1 aromatic carbocycles. The van der Waals surface area contributed by atoms with Crippen LogP contribution in [-0.4, -0.2) is 18.6 Å². The third-order valence-corrected chi connectivity index (χ3v) is 3.24. The van der Waals surface area contributed by atoms with E-state index in [2.05, 4.69) is 12.2 Å². The van der Waals surface area contributed by atoms with E-state index in [0.29, 0.717) is 19.8 Å². The van der Waals surface area contributed by atoms with Gasteiger partial charge in [0, 0.05) is 13.2 Å². The Morgan fingerprint density at radius 3 is 2.65 bits per heavy atom. The topological polar surface area (TPSA) is 64.4 Å². The number of hydrogen-bond donors (Lipinski definition) is 2. The minimum Gasteiger partial charge on any atom is -0.377 e. The zero-order valence-corrected chi connectivity index (χ0v) is 12.5. The normalized spacial score (nSPS) is 12.2. The third kappa shape index (κ3) is 5.72. The van der Waals surface area contributed by atoms with Crippen LogP contribution < -0.4 is 11.1 Å². The average molecular weight is 278 g/mol. The van der Waals surface area contributed by atoms with Crippen LogP contribution in [0.2, 0.25) is 0 Å². The molecule has 4 heteroatoms. The third-order valence-electron chi connectivity index (χ3n) is 3.24. The van der Waals surface area contributed by atoms with E-state index < -0.39 is 6.04 Å². The lowest BCUT2D eigenvalue weighted by atomic mass is 10.1. The molecule has 0 aliphatic rings.